The molecule has 0 aromatic carbocycles. The van der Waals surface area contributed by atoms with Crippen LogP contribution >= 0.6 is 0 Å². The largest absolute Gasteiger partial charge is 0.473 e. The molecule has 76 valence electrons. The minimum absolute atomic E-state index is 0.308. The van der Waals surface area contributed by atoms with E-state index in [1.165, 1.54) is 0 Å². The molecule has 1 aliphatic rings. The van der Waals surface area contributed by atoms with Gasteiger partial charge in [-0.3, -0.25) is 0 Å². The van der Waals surface area contributed by atoms with Gasteiger partial charge in [0.25, 0.3) is 0 Å². The summed E-state index contributed by atoms with van der Waals surface area (Å²) in [6, 6.07) is 3.70. The average Bonchev–Trinajstić information content (AvgIpc) is 2.23. The highest BCUT2D eigenvalue weighted by molar-refractivity contribution is 5.06. The monoisotopic (exact) mass is 193 g/mol. The van der Waals surface area contributed by atoms with Crippen LogP contribution in [-0.2, 0) is 0 Å². The quantitative estimate of drug-likeness (QED) is 0.701. The van der Waals surface area contributed by atoms with Gasteiger partial charge < -0.3 is 9.64 Å². The van der Waals surface area contributed by atoms with Gasteiger partial charge in [-0.1, -0.05) is 0 Å². The Kier molecular flexibility index (Phi) is 2.93. The molecule has 0 bridgehead atoms. The fourth-order valence-corrected chi connectivity index (χ4v) is 1.62. The van der Waals surface area contributed by atoms with Crippen molar-refractivity contribution in [3.63, 3.8) is 0 Å². The maximum atomic E-state index is 5.70. The van der Waals surface area contributed by atoms with E-state index in [1.54, 1.807) is 6.20 Å². The van der Waals surface area contributed by atoms with E-state index in [4.69, 9.17) is 4.74 Å². The molecular formula is C10H15N3O. The van der Waals surface area contributed by atoms with Crippen molar-refractivity contribution in [2.24, 2.45) is 0 Å². The highest BCUT2D eigenvalue weighted by Crippen LogP contribution is 2.14. The van der Waals surface area contributed by atoms with Crippen molar-refractivity contribution in [1.82, 2.24) is 15.1 Å². The fraction of sp³-hybridized carbons (Fsp3) is 0.600. The van der Waals surface area contributed by atoms with Crippen LogP contribution in [0, 0.1) is 0 Å². The van der Waals surface area contributed by atoms with Crippen LogP contribution in [0.1, 0.15) is 12.8 Å². The van der Waals surface area contributed by atoms with Crippen molar-refractivity contribution in [2.75, 3.05) is 20.1 Å². The lowest BCUT2D eigenvalue weighted by Crippen LogP contribution is -2.35. The van der Waals surface area contributed by atoms with E-state index in [2.05, 4.69) is 22.1 Å². The second kappa shape index (κ2) is 4.37. The number of aromatic nitrogens is 2. The van der Waals surface area contributed by atoms with Gasteiger partial charge in [-0.15, -0.1) is 5.10 Å². The fourth-order valence-electron chi connectivity index (χ4n) is 1.62. The molecule has 14 heavy (non-hydrogen) atoms. The van der Waals surface area contributed by atoms with E-state index in [0.29, 0.717) is 12.0 Å². The van der Waals surface area contributed by atoms with Crippen LogP contribution in [-0.4, -0.2) is 41.3 Å². The number of hydrogen-bond acceptors (Lipinski definition) is 4. The number of ether oxygens (including phenoxy) is 1. The van der Waals surface area contributed by atoms with Crippen LogP contribution in [0.5, 0.6) is 5.88 Å². The lowest BCUT2D eigenvalue weighted by molar-refractivity contribution is 0.109. The molecule has 0 atom stereocenters. The van der Waals surface area contributed by atoms with E-state index >= 15 is 0 Å². The zero-order chi connectivity index (χ0) is 9.80. The SMILES string of the molecule is CN1CCC(Oc2cccnn2)CC1. The summed E-state index contributed by atoms with van der Waals surface area (Å²) >= 11 is 0. The lowest BCUT2D eigenvalue weighted by atomic mass is 10.1. The van der Waals surface area contributed by atoms with Gasteiger partial charge in [-0.05, 0) is 26.0 Å². The van der Waals surface area contributed by atoms with Crippen molar-refractivity contribution in [2.45, 2.75) is 18.9 Å². The molecule has 4 nitrogen and oxygen atoms in total. The van der Waals surface area contributed by atoms with Gasteiger partial charge in [-0.25, -0.2) is 0 Å². The van der Waals surface area contributed by atoms with E-state index in [-0.39, 0.29) is 0 Å². The van der Waals surface area contributed by atoms with Gasteiger partial charge in [0.15, 0.2) is 0 Å². The van der Waals surface area contributed by atoms with E-state index in [9.17, 15) is 0 Å². The second-order valence-electron chi connectivity index (χ2n) is 3.68. The highest BCUT2D eigenvalue weighted by atomic mass is 16.5. The number of piperidine rings is 1. The maximum absolute atomic E-state index is 5.70. The van der Waals surface area contributed by atoms with Crippen LogP contribution in [0.15, 0.2) is 18.3 Å². The summed E-state index contributed by atoms with van der Waals surface area (Å²) in [6.45, 7) is 2.20. The molecule has 4 heteroatoms. The topological polar surface area (TPSA) is 38.2 Å². The summed E-state index contributed by atoms with van der Waals surface area (Å²) in [6.07, 6.45) is 4.12. The predicted molar refractivity (Wildman–Crippen MR) is 53.2 cm³/mol. The highest BCUT2D eigenvalue weighted by Gasteiger charge is 2.18. The maximum Gasteiger partial charge on any atom is 0.233 e. The summed E-state index contributed by atoms with van der Waals surface area (Å²) in [7, 11) is 2.14. The van der Waals surface area contributed by atoms with Gasteiger partial charge in [0.05, 0.1) is 0 Å². The van der Waals surface area contributed by atoms with Crippen molar-refractivity contribution in [3.05, 3.63) is 18.3 Å². The van der Waals surface area contributed by atoms with Crippen LogP contribution in [0.3, 0.4) is 0 Å². The van der Waals surface area contributed by atoms with Gasteiger partial charge >= 0.3 is 0 Å². The van der Waals surface area contributed by atoms with Crippen molar-refractivity contribution >= 4 is 0 Å². The predicted octanol–water partition coefficient (Wildman–Crippen LogP) is 0.950. The van der Waals surface area contributed by atoms with Crippen LogP contribution in [0.25, 0.3) is 0 Å². The standard InChI is InChI=1S/C10H15N3O/c1-13-7-4-9(5-8-13)14-10-3-2-6-11-12-10/h2-3,6,9H,4-5,7-8H2,1H3. The average molecular weight is 193 g/mol. The first-order valence-corrected chi connectivity index (χ1v) is 4.97. The number of likely N-dealkylation sites (tertiary alicyclic amines) is 1. The third-order valence-electron chi connectivity index (χ3n) is 2.50. The Morgan fingerprint density at radius 1 is 1.43 bits per heavy atom. The van der Waals surface area contributed by atoms with Crippen molar-refractivity contribution in [1.29, 1.82) is 0 Å². The minimum atomic E-state index is 0.308. The van der Waals surface area contributed by atoms with Crippen molar-refractivity contribution in [3.8, 4) is 5.88 Å². The minimum Gasteiger partial charge on any atom is -0.473 e. The van der Waals surface area contributed by atoms with Crippen molar-refractivity contribution < 1.29 is 4.74 Å². The molecule has 0 N–H and O–H groups in total. The van der Waals surface area contributed by atoms with E-state index in [0.717, 1.165) is 25.9 Å². The van der Waals surface area contributed by atoms with Crippen LogP contribution in [0.2, 0.25) is 0 Å². The summed E-state index contributed by atoms with van der Waals surface area (Å²) in [5.74, 6) is 0.641. The molecule has 0 amide bonds. The van der Waals surface area contributed by atoms with E-state index in [1.807, 2.05) is 12.1 Å². The number of hydrogen-bond donors (Lipinski definition) is 0. The van der Waals surface area contributed by atoms with Crippen LogP contribution in [0.4, 0.5) is 0 Å². The number of nitrogens with zero attached hydrogens (tertiary/aromatic N) is 3. The lowest BCUT2D eigenvalue weighted by Gasteiger charge is -2.28. The molecule has 2 heterocycles. The van der Waals surface area contributed by atoms with E-state index < -0.39 is 0 Å². The Labute approximate surface area is 83.9 Å². The first-order chi connectivity index (χ1) is 6.84. The molecule has 1 fully saturated rings. The molecule has 1 aromatic heterocycles. The summed E-state index contributed by atoms with van der Waals surface area (Å²) in [5.41, 5.74) is 0. The Balaban J connectivity index is 1.87. The molecule has 1 saturated heterocycles. The summed E-state index contributed by atoms with van der Waals surface area (Å²) in [5, 5.41) is 7.69. The van der Waals surface area contributed by atoms with Crippen LogP contribution < -0.4 is 4.74 Å². The molecule has 1 aliphatic heterocycles. The molecular weight excluding hydrogens is 178 g/mol. The normalized spacial score (nSPS) is 19.5. The zero-order valence-corrected chi connectivity index (χ0v) is 8.39. The molecule has 0 radical (unpaired) electrons. The Bertz CT molecular complexity index is 270. The third kappa shape index (κ3) is 2.42. The van der Waals surface area contributed by atoms with Gasteiger partial charge in [-0.2, -0.15) is 5.10 Å². The Morgan fingerprint density at radius 2 is 2.21 bits per heavy atom. The Hall–Kier alpha value is -1.16. The molecule has 1 aromatic rings. The molecule has 0 spiro atoms. The summed E-state index contributed by atoms with van der Waals surface area (Å²) < 4.78 is 5.70. The first-order valence-electron chi connectivity index (χ1n) is 4.97. The third-order valence-corrected chi connectivity index (χ3v) is 2.50. The zero-order valence-electron chi connectivity index (χ0n) is 8.39. The van der Waals surface area contributed by atoms with Gasteiger partial charge in [0.1, 0.15) is 6.10 Å². The van der Waals surface area contributed by atoms with Gasteiger partial charge in [0, 0.05) is 25.4 Å². The smallest absolute Gasteiger partial charge is 0.233 e. The first kappa shape index (κ1) is 9.40. The summed E-state index contributed by atoms with van der Waals surface area (Å²) in [4.78, 5) is 2.32. The van der Waals surface area contributed by atoms with Gasteiger partial charge in [0.2, 0.25) is 5.88 Å². The number of rotatable bonds is 2. The second-order valence-corrected chi connectivity index (χ2v) is 3.68. The molecule has 2 rings (SSSR count). The molecule has 0 saturated carbocycles. The Morgan fingerprint density at radius 3 is 2.86 bits per heavy atom. The molecule has 0 unspecified atom stereocenters. The molecule has 0 aliphatic carbocycles.